The summed E-state index contributed by atoms with van der Waals surface area (Å²) in [5.74, 6) is -0.197. The van der Waals surface area contributed by atoms with Crippen molar-refractivity contribution in [3.8, 4) is 5.75 Å². The fraction of sp³-hybridized carbons (Fsp3) is 0.400. The third kappa shape index (κ3) is 2.62. The van der Waals surface area contributed by atoms with Crippen molar-refractivity contribution in [3.05, 3.63) is 29.3 Å². The zero-order valence-corrected chi connectivity index (χ0v) is 8.17. The number of aromatic hydroxyl groups is 1. The fourth-order valence-electron chi connectivity index (χ4n) is 1.25. The molecule has 0 aliphatic carbocycles. The minimum absolute atomic E-state index is 0.132. The van der Waals surface area contributed by atoms with Gasteiger partial charge in [0.1, 0.15) is 5.75 Å². The van der Waals surface area contributed by atoms with Gasteiger partial charge in [0.15, 0.2) is 0 Å². The minimum Gasteiger partial charge on any atom is -0.508 e. The number of rotatable bonds is 2. The number of hydrogen-bond donors (Lipinski definition) is 2. The van der Waals surface area contributed by atoms with E-state index in [-0.39, 0.29) is 11.3 Å². The summed E-state index contributed by atoms with van der Waals surface area (Å²) in [7, 11) is 0. The summed E-state index contributed by atoms with van der Waals surface area (Å²) in [5.41, 5.74) is 4.92. The summed E-state index contributed by atoms with van der Waals surface area (Å²) >= 11 is 0. The summed E-state index contributed by atoms with van der Waals surface area (Å²) in [6.07, 6.45) is -3.94. The molecule has 0 bridgehead atoms. The number of alkyl halides is 3. The second-order valence-corrected chi connectivity index (χ2v) is 3.29. The first-order valence-electron chi connectivity index (χ1n) is 4.52. The van der Waals surface area contributed by atoms with Crippen molar-refractivity contribution in [2.45, 2.75) is 25.6 Å². The number of phenols is 1. The van der Waals surface area contributed by atoms with Crippen LogP contribution >= 0.6 is 0 Å². The molecule has 0 saturated heterocycles. The second kappa shape index (κ2) is 4.10. The van der Waals surface area contributed by atoms with E-state index in [1.54, 1.807) is 6.92 Å². The van der Waals surface area contributed by atoms with Gasteiger partial charge in [-0.25, -0.2) is 0 Å². The molecule has 1 aromatic rings. The number of phenolic OH excluding ortho intramolecular Hbond substituents is 1. The van der Waals surface area contributed by atoms with E-state index in [1.165, 1.54) is 0 Å². The molecule has 84 valence electrons. The smallest absolute Gasteiger partial charge is 0.416 e. The van der Waals surface area contributed by atoms with Gasteiger partial charge in [-0.1, -0.05) is 6.92 Å². The van der Waals surface area contributed by atoms with Crippen molar-refractivity contribution >= 4 is 0 Å². The Hall–Kier alpha value is -1.23. The normalized spacial score (nSPS) is 13.9. The third-order valence-electron chi connectivity index (χ3n) is 2.19. The zero-order chi connectivity index (χ0) is 11.6. The van der Waals surface area contributed by atoms with Crippen LogP contribution < -0.4 is 5.73 Å². The van der Waals surface area contributed by atoms with Gasteiger partial charge in [-0.3, -0.25) is 0 Å². The number of hydrogen-bond acceptors (Lipinski definition) is 2. The Kier molecular flexibility index (Phi) is 3.24. The Morgan fingerprint density at radius 2 is 2.00 bits per heavy atom. The first-order chi connectivity index (χ1) is 6.86. The Balaban J connectivity index is 3.17. The molecular formula is C10H12F3NO. The van der Waals surface area contributed by atoms with Crippen molar-refractivity contribution in [1.82, 2.24) is 0 Å². The summed E-state index contributed by atoms with van der Waals surface area (Å²) < 4.78 is 37.0. The van der Waals surface area contributed by atoms with E-state index < -0.39 is 17.8 Å². The van der Waals surface area contributed by atoms with Gasteiger partial charge in [0, 0.05) is 11.6 Å². The lowest BCUT2D eigenvalue weighted by Crippen LogP contribution is -2.11. The SMILES string of the molecule is CC[C@H](N)c1cc(C(F)(F)F)ccc1O. The highest BCUT2D eigenvalue weighted by atomic mass is 19.4. The first kappa shape index (κ1) is 11.8. The van der Waals surface area contributed by atoms with Crippen LogP contribution in [0.4, 0.5) is 13.2 Å². The highest BCUT2D eigenvalue weighted by molar-refractivity contribution is 5.39. The zero-order valence-electron chi connectivity index (χ0n) is 8.17. The van der Waals surface area contributed by atoms with E-state index in [4.69, 9.17) is 5.73 Å². The van der Waals surface area contributed by atoms with E-state index in [0.717, 1.165) is 18.2 Å². The largest absolute Gasteiger partial charge is 0.508 e. The third-order valence-corrected chi connectivity index (χ3v) is 2.19. The first-order valence-corrected chi connectivity index (χ1v) is 4.52. The van der Waals surface area contributed by atoms with Crippen molar-refractivity contribution < 1.29 is 18.3 Å². The Labute approximate surface area is 85.5 Å². The highest BCUT2D eigenvalue weighted by Gasteiger charge is 2.31. The van der Waals surface area contributed by atoms with Gasteiger partial charge in [0.25, 0.3) is 0 Å². The summed E-state index contributed by atoms with van der Waals surface area (Å²) in [5, 5.41) is 9.35. The van der Waals surface area contributed by atoms with Crippen LogP contribution in [0.2, 0.25) is 0 Å². The van der Waals surface area contributed by atoms with E-state index >= 15 is 0 Å². The van der Waals surface area contributed by atoms with Crippen molar-refractivity contribution in [2.24, 2.45) is 5.73 Å². The van der Waals surface area contributed by atoms with Crippen LogP contribution in [-0.4, -0.2) is 5.11 Å². The predicted molar refractivity (Wildman–Crippen MR) is 50.3 cm³/mol. The molecule has 0 amide bonds. The van der Waals surface area contributed by atoms with E-state index in [1.807, 2.05) is 0 Å². The summed E-state index contributed by atoms with van der Waals surface area (Å²) in [6, 6.07) is 2.17. The molecule has 1 rings (SSSR count). The molecule has 0 heterocycles. The molecule has 0 aliphatic heterocycles. The highest BCUT2D eigenvalue weighted by Crippen LogP contribution is 2.34. The molecule has 0 fully saturated rings. The van der Waals surface area contributed by atoms with Gasteiger partial charge in [0.2, 0.25) is 0 Å². The fourth-order valence-corrected chi connectivity index (χ4v) is 1.25. The van der Waals surface area contributed by atoms with Gasteiger partial charge in [-0.15, -0.1) is 0 Å². The number of halogens is 3. The Bertz CT molecular complexity index is 349. The molecule has 0 aliphatic rings. The lowest BCUT2D eigenvalue weighted by molar-refractivity contribution is -0.137. The monoisotopic (exact) mass is 219 g/mol. The maximum atomic E-state index is 12.3. The van der Waals surface area contributed by atoms with Gasteiger partial charge in [-0.05, 0) is 24.6 Å². The molecule has 15 heavy (non-hydrogen) atoms. The molecule has 1 aromatic carbocycles. The van der Waals surface area contributed by atoms with Gasteiger partial charge in [-0.2, -0.15) is 13.2 Å². The maximum Gasteiger partial charge on any atom is 0.416 e. The van der Waals surface area contributed by atoms with Gasteiger partial charge >= 0.3 is 6.18 Å². The van der Waals surface area contributed by atoms with E-state index in [2.05, 4.69) is 0 Å². The Morgan fingerprint density at radius 3 is 2.47 bits per heavy atom. The predicted octanol–water partition coefficient (Wildman–Crippen LogP) is 2.82. The second-order valence-electron chi connectivity index (χ2n) is 3.29. The van der Waals surface area contributed by atoms with Gasteiger partial charge < -0.3 is 10.8 Å². The van der Waals surface area contributed by atoms with Crippen LogP contribution in [0, 0.1) is 0 Å². The van der Waals surface area contributed by atoms with E-state index in [0.29, 0.717) is 6.42 Å². The topological polar surface area (TPSA) is 46.2 Å². The molecule has 1 atom stereocenters. The molecule has 0 radical (unpaired) electrons. The molecule has 5 heteroatoms. The van der Waals surface area contributed by atoms with Crippen LogP contribution in [-0.2, 0) is 6.18 Å². The molecule has 2 nitrogen and oxygen atoms in total. The average Bonchev–Trinajstić information content (AvgIpc) is 2.15. The number of benzene rings is 1. The summed E-state index contributed by atoms with van der Waals surface area (Å²) in [6.45, 7) is 1.74. The molecular weight excluding hydrogens is 207 g/mol. The molecule has 0 unspecified atom stereocenters. The lowest BCUT2D eigenvalue weighted by atomic mass is 10.0. The molecule has 3 N–H and O–H groups in total. The van der Waals surface area contributed by atoms with E-state index in [9.17, 15) is 18.3 Å². The van der Waals surface area contributed by atoms with Gasteiger partial charge in [0.05, 0.1) is 5.56 Å². The average molecular weight is 219 g/mol. The standard InChI is InChI=1S/C10H12F3NO/c1-2-8(14)7-5-6(10(11,12)13)3-4-9(7)15/h3-5,8,15H,2,14H2,1H3/t8-/m0/s1. The van der Waals surface area contributed by atoms with Crippen LogP contribution in [0.3, 0.4) is 0 Å². The van der Waals surface area contributed by atoms with Crippen molar-refractivity contribution in [2.75, 3.05) is 0 Å². The van der Waals surface area contributed by atoms with Crippen LogP contribution in [0.15, 0.2) is 18.2 Å². The van der Waals surface area contributed by atoms with Crippen LogP contribution in [0.5, 0.6) is 5.75 Å². The molecule has 0 saturated carbocycles. The summed E-state index contributed by atoms with van der Waals surface area (Å²) in [4.78, 5) is 0. The lowest BCUT2D eigenvalue weighted by Gasteiger charge is -2.14. The van der Waals surface area contributed by atoms with Crippen molar-refractivity contribution in [3.63, 3.8) is 0 Å². The minimum atomic E-state index is -4.41. The maximum absolute atomic E-state index is 12.3. The quantitative estimate of drug-likeness (QED) is 0.803. The van der Waals surface area contributed by atoms with Crippen LogP contribution in [0.25, 0.3) is 0 Å². The number of nitrogens with two attached hydrogens (primary N) is 1. The Morgan fingerprint density at radius 1 is 1.40 bits per heavy atom. The molecule has 0 aromatic heterocycles. The van der Waals surface area contributed by atoms with Crippen molar-refractivity contribution in [1.29, 1.82) is 0 Å². The molecule has 0 spiro atoms. The van der Waals surface area contributed by atoms with Crippen LogP contribution in [0.1, 0.15) is 30.5 Å².